The van der Waals surface area contributed by atoms with Gasteiger partial charge in [-0.05, 0) is 91.8 Å². The molecule has 0 atom stereocenters. The summed E-state index contributed by atoms with van der Waals surface area (Å²) in [6.45, 7) is 18.1. The average molecular weight is 713 g/mol. The van der Waals surface area contributed by atoms with E-state index in [1.165, 1.54) is 11.2 Å². The summed E-state index contributed by atoms with van der Waals surface area (Å²) in [5.41, 5.74) is 2.55. The van der Waals surface area contributed by atoms with Crippen molar-refractivity contribution in [3.05, 3.63) is 35.3 Å². The molecule has 14 heteroatoms. The number of piperidine rings is 1. The van der Waals surface area contributed by atoms with Gasteiger partial charge in [0.25, 0.3) is 0 Å². The average Bonchev–Trinajstić information content (AvgIpc) is 3.21. The number of aryl methyl sites for hydroxylation is 1. The molecule has 13 nitrogen and oxygen atoms in total. The Kier molecular flexibility index (Phi) is 9.99. The number of anilines is 3. The summed E-state index contributed by atoms with van der Waals surface area (Å²) in [4.78, 5) is 44.1. The minimum absolute atomic E-state index is 0.0851. The van der Waals surface area contributed by atoms with Crippen LogP contribution in [0, 0.1) is 6.92 Å². The Morgan fingerprint density at radius 1 is 0.840 bits per heavy atom. The fourth-order valence-electron chi connectivity index (χ4n) is 7.37. The van der Waals surface area contributed by atoms with Crippen LogP contribution in [0.2, 0.25) is 0 Å². The molecule has 2 aromatic rings. The molecule has 0 bridgehead atoms. The van der Waals surface area contributed by atoms with Crippen molar-refractivity contribution in [2.45, 2.75) is 104 Å². The van der Waals surface area contributed by atoms with Gasteiger partial charge in [0.1, 0.15) is 39.7 Å². The highest BCUT2D eigenvalue weighted by Gasteiger charge is 2.38. The van der Waals surface area contributed by atoms with Crippen LogP contribution in [0.25, 0.3) is 0 Å². The van der Waals surface area contributed by atoms with Gasteiger partial charge in [0.15, 0.2) is 5.82 Å². The molecule has 3 saturated heterocycles. The van der Waals surface area contributed by atoms with Crippen molar-refractivity contribution in [1.82, 2.24) is 19.8 Å². The van der Waals surface area contributed by atoms with E-state index in [-0.39, 0.29) is 30.1 Å². The first-order chi connectivity index (χ1) is 23.5. The molecule has 0 N–H and O–H groups in total. The number of likely N-dealkylation sites (tertiary alicyclic amines) is 1. The van der Waals surface area contributed by atoms with Gasteiger partial charge in [-0.2, -0.15) is 0 Å². The quantitative estimate of drug-likeness (QED) is 0.396. The molecular formula is C36H52N6O7S. The van der Waals surface area contributed by atoms with Gasteiger partial charge in [-0.25, -0.2) is 32.9 Å². The maximum absolute atomic E-state index is 14.1. The van der Waals surface area contributed by atoms with Crippen LogP contribution < -0.4 is 14.5 Å². The molecule has 6 rings (SSSR count). The Labute approximate surface area is 296 Å². The maximum Gasteiger partial charge on any atom is 0.420 e. The third-order valence-electron chi connectivity index (χ3n) is 9.84. The van der Waals surface area contributed by atoms with Crippen LogP contribution in [0.1, 0.15) is 90.0 Å². The van der Waals surface area contributed by atoms with Crippen LogP contribution in [0.4, 0.5) is 26.8 Å². The summed E-state index contributed by atoms with van der Waals surface area (Å²) in [6, 6.07) is 4.51. The molecule has 0 radical (unpaired) electrons. The summed E-state index contributed by atoms with van der Waals surface area (Å²) in [6.07, 6.45) is 3.40. The lowest BCUT2D eigenvalue weighted by atomic mass is 9.95. The molecule has 50 heavy (non-hydrogen) atoms. The van der Waals surface area contributed by atoms with E-state index in [1.54, 1.807) is 0 Å². The van der Waals surface area contributed by atoms with Crippen molar-refractivity contribution in [3.63, 3.8) is 0 Å². The summed E-state index contributed by atoms with van der Waals surface area (Å²) >= 11 is 0. The Hall–Kier alpha value is -3.65. The van der Waals surface area contributed by atoms with Gasteiger partial charge < -0.3 is 24.0 Å². The standard InChI is InChI=1S/C36H52N6O7S/c1-24-20-27(40-16-14-39(15-17-40)26-8-12-41(13-9-26)33(43)48-35(2,3)4)21-29-31(24)47-22-28-30(25-10-18-50(45,46)19-11-25)37-23-38-32(28)42(29)34(44)49-36(5,6)7/h20-21,23,25-26H,8-19,22H2,1-7H3. The second-order valence-corrected chi connectivity index (χ2v) is 18.2. The molecule has 3 fully saturated rings. The summed E-state index contributed by atoms with van der Waals surface area (Å²) < 4.78 is 42.4. The van der Waals surface area contributed by atoms with Crippen molar-refractivity contribution >= 4 is 39.2 Å². The molecule has 274 valence electrons. The largest absolute Gasteiger partial charge is 0.486 e. The SMILES string of the molecule is Cc1cc(N2CCN(C3CCN(C(=O)OC(C)(C)C)CC3)CC2)cc2c1OCc1c(C3CCS(=O)(=O)CC3)ncnc1N2C(=O)OC(C)(C)C. The number of rotatable bonds is 3. The van der Waals surface area contributed by atoms with Crippen LogP contribution in [0.5, 0.6) is 5.75 Å². The smallest absolute Gasteiger partial charge is 0.420 e. The first-order valence-electron chi connectivity index (χ1n) is 17.8. The third kappa shape index (κ3) is 8.11. The number of carbonyl (C=O) groups is 2. The highest BCUT2D eigenvalue weighted by Crippen LogP contribution is 2.46. The highest BCUT2D eigenvalue weighted by atomic mass is 32.2. The van der Waals surface area contributed by atoms with E-state index < -0.39 is 27.1 Å². The van der Waals surface area contributed by atoms with Gasteiger partial charge >= 0.3 is 12.2 Å². The van der Waals surface area contributed by atoms with Gasteiger partial charge in [-0.15, -0.1) is 0 Å². The molecule has 4 aliphatic heterocycles. The fourth-order valence-corrected chi connectivity index (χ4v) is 8.86. The molecule has 5 heterocycles. The van der Waals surface area contributed by atoms with Crippen molar-refractivity contribution in [2.75, 3.05) is 60.6 Å². The minimum Gasteiger partial charge on any atom is -0.486 e. The third-order valence-corrected chi connectivity index (χ3v) is 11.6. The number of hydrogen-bond acceptors (Lipinski definition) is 11. The van der Waals surface area contributed by atoms with Crippen LogP contribution in [-0.2, 0) is 25.9 Å². The number of amides is 2. The van der Waals surface area contributed by atoms with Gasteiger partial charge in [0.2, 0.25) is 0 Å². The Bertz CT molecular complexity index is 1690. The summed E-state index contributed by atoms with van der Waals surface area (Å²) in [5, 5.41) is 0. The predicted molar refractivity (Wildman–Crippen MR) is 191 cm³/mol. The number of benzene rings is 1. The van der Waals surface area contributed by atoms with Gasteiger partial charge in [-0.1, -0.05) is 0 Å². The maximum atomic E-state index is 14.1. The highest BCUT2D eigenvalue weighted by molar-refractivity contribution is 7.91. The molecule has 0 unspecified atom stereocenters. The molecule has 0 aliphatic carbocycles. The number of piperazine rings is 1. The monoisotopic (exact) mass is 712 g/mol. The Morgan fingerprint density at radius 2 is 1.46 bits per heavy atom. The van der Waals surface area contributed by atoms with E-state index in [0.717, 1.165) is 56.0 Å². The Balaban J connectivity index is 1.23. The summed E-state index contributed by atoms with van der Waals surface area (Å²) in [7, 11) is -3.07. The first kappa shape index (κ1) is 36.2. The van der Waals surface area contributed by atoms with Crippen molar-refractivity contribution < 1.29 is 32.2 Å². The molecule has 2 amide bonds. The molecular weight excluding hydrogens is 660 g/mol. The van der Waals surface area contributed by atoms with Crippen LogP contribution >= 0.6 is 0 Å². The molecule has 1 aromatic heterocycles. The lowest BCUT2D eigenvalue weighted by molar-refractivity contribution is 0.0139. The fraction of sp³-hybridized carbons (Fsp3) is 0.667. The van der Waals surface area contributed by atoms with E-state index in [9.17, 15) is 18.0 Å². The van der Waals surface area contributed by atoms with E-state index in [4.69, 9.17) is 14.2 Å². The zero-order chi connectivity index (χ0) is 36.0. The minimum atomic E-state index is -3.07. The lowest BCUT2D eigenvalue weighted by Gasteiger charge is -2.43. The zero-order valence-electron chi connectivity index (χ0n) is 30.5. The second kappa shape index (κ2) is 13.8. The zero-order valence-corrected chi connectivity index (χ0v) is 31.3. The summed E-state index contributed by atoms with van der Waals surface area (Å²) in [5.74, 6) is 1.10. The number of fused-ring (bicyclic) bond motifs is 2. The van der Waals surface area contributed by atoms with Crippen LogP contribution in [0.3, 0.4) is 0 Å². The van der Waals surface area contributed by atoms with E-state index in [2.05, 4.69) is 25.8 Å². The lowest BCUT2D eigenvalue weighted by Crippen LogP contribution is -2.54. The second-order valence-electron chi connectivity index (χ2n) is 15.9. The number of ether oxygens (including phenoxy) is 3. The number of nitrogens with zero attached hydrogens (tertiary/aromatic N) is 6. The van der Waals surface area contributed by atoms with Gasteiger partial charge in [0, 0.05) is 56.9 Å². The van der Waals surface area contributed by atoms with Gasteiger partial charge in [-0.3, -0.25) is 4.90 Å². The number of aromatic nitrogens is 2. The molecule has 0 saturated carbocycles. The van der Waals surface area contributed by atoms with E-state index in [1.807, 2.05) is 59.4 Å². The van der Waals surface area contributed by atoms with Crippen LogP contribution in [0.15, 0.2) is 18.5 Å². The Morgan fingerprint density at radius 3 is 2.08 bits per heavy atom. The number of hydrogen-bond donors (Lipinski definition) is 0. The topological polar surface area (TPSA) is 135 Å². The number of carbonyl (C=O) groups excluding carboxylic acids is 2. The van der Waals surface area contributed by atoms with Crippen LogP contribution in [-0.4, -0.2) is 108 Å². The molecule has 1 aromatic carbocycles. The first-order valence-corrected chi connectivity index (χ1v) is 19.6. The predicted octanol–water partition coefficient (Wildman–Crippen LogP) is 5.56. The van der Waals surface area contributed by atoms with Crippen molar-refractivity contribution in [2.24, 2.45) is 0 Å². The normalized spacial score (nSPS) is 20.7. The van der Waals surface area contributed by atoms with E-state index in [0.29, 0.717) is 54.8 Å². The molecule has 0 spiro atoms. The number of sulfone groups is 1. The van der Waals surface area contributed by atoms with E-state index >= 15 is 0 Å². The molecule has 4 aliphatic rings. The van der Waals surface area contributed by atoms with Crippen molar-refractivity contribution in [3.8, 4) is 5.75 Å². The van der Waals surface area contributed by atoms with Gasteiger partial charge in [0.05, 0.1) is 28.5 Å². The van der Waals surface area contributed by atoms with Crippen molar-refractivity contribution in [1.29, 1.82) is 0 Å².